The first-order valence-corrected chi connectivity index (χ1v) is 5.39. The summed E-state index contributed by atoms with van der Waals surface area (Å²) in [4.78, 5) is 11.6. The number of rotatable bonds is 2. The molecule has 0 aromatic heterocycles. The van der Waals surface area contributed by atoms with E-state index in [1.165, 1.54) is 0 Å². The normalized spacial score (nSPS) is 23.9. The van der Waals surface area contributed by atoms with E-state index in [-0.39, 0.29) is 24.8 Å². The Balaban J connectivity index is 1.83. The first kappa shape index (κ1) is 12.0. The van der Waals surface area contributed by atoms with Gasteiger partial charge in [0.1, 0.15) is 0 Å². The van der Waals surface area contributed by atoms with E-state index in [9.17, 15) is 18.0 Å². The Bertz CT molecular complexity index is 396. The Kier molecular flexibility index (Phi) is 3.09. The Hall–Kier alpha value is -1.52. The molecular weight excluding hydrogens is 231 g/mol. The molecule has 2 nitrogen and oxygen atoms in total. The maximum atomic E-state index is 12.2. The van der Waals surface area contributed by atoms with Crippen LogP contribution in [0.4, 0.5) is 13.2 Å². The molecule has 1 fully saturated rings. The molecule has 1 aromatic carbocycles. The van der Waals surface area contributed by atoms with Crippen LogP contribution in [0.5, 0.6) is 0 Å². The van der Waals surface area contributed by atoms with E-state index in [0.717, 1.165) is 0 Å². The molecule has 2 rings (SSSR count). The summed E-state index contributed by atoms with van der Waals surface area (Å²) >= 11 is 0. The summed E-state index contributed by atoms with van der Waals surface area (Å²) in [5.41, 5.74) is 0.475. The molecule has 92 valence electrons. The third-order valence-electron chi connectivity index (χ3n) is 2.97. The van der Waals surface area contributed by atoms with Gasteiger partial charge >= 0.3 is 6.18 Å². The quantitative estimate of drug-likeness (QED) is 0.850. The molecule has 0 aliphatic heterocycles. The number of hydrogen-bond acceptors (Lipinski definition) is 1. The minimum absolute atomic E-state index is 0.0118. The van der Waals surface area contributed by atoms with E-state index >= 15 is 0 Å². The second kappa shape index (κ2) is 4.39. The number of alkyl halides is 3. The van der Waals surface area contributed by atoms with Crippen LogP contribution in [0.15, 0.2) is 30.3 Å². The maximum Gasteiger partial charge on any atom is 0.391 e. The lowest BCUT2D eigenvalue weighted by molar-refractivity contribution is -0.198. The molecule has 17 heavy (non-hydrogen) atoms. The minimum atomic E-state index is -4.13. The smallest absolute Gasteiger partial charge is 0.349 e. The Labute approximate surface area is 96.8 Å². The molecule has 1 N–H and O–H groups in total. The molecule has 1 aliphatic rings. The molecule has 1 saturated carbocycles. The molecule has 1 amide bonds. The van der Waals surface area contributed by atoms with Crippen LogP contribution in [-0.2, 0) is 0 Å². The zero-order valence-electron chi connectivity index (χ0n) is 9.00. The van der Waals surface area contributed by atoms with Crippen LogP contribution in [0.25, 0.3) is 0 Å². The second-order valence-electron chi connectivity index (χ2n) is 4.25. The summed E-state index contributed by atoms with van der Waals surface area (Å²) in [6, 6.07) is 8.13. The van der Waals surface area contributed by atoms with Gasteiger partial charge in [-0.3, -0.25) is 4.79 Å². The van der Waals surface area contributed by atoms with Gasteiger partial charge in [0.25, 0.3) is 5.91 Å². The maximum absolute atomic E-state index is 12.2. The van der Waals surface area contributed by atoms with Crippen molar-refractivity contribution in [2.24, 2.45) is 5.92 Å². The van der Waals surface area contributed by atoms with Crippen molar-refractivity contribution in [1.29, 1.82) is 0 Å². The standard InChI is InChI=1S/C12H12F3NO/c13-12(14,15)9-6-10(7-9)16-11(17)8-4-2-1-3-5-8/h1-5,9-10H,6-7H2,(H,16,17). The van der Waals surface area contributed by atoms with Crippen molar-refractivity contribution >= 4 is 5.91 Å². The van der Waals surface area contributed by atoms with Gasteiger partial charge in [0.05, 0.1) is 5.92 Å². The van der Waals surface area contributed by atoms with Crippen molar-refractivity contribution in [2.45, 2.75) is 25.1 Å². The van der Waals surface area contributed by atoms with Crippen LogP contribution in [0.2, 0.25) is 0 Å². The zero-order chi connectivity index (χ0) is 12.5. The first-order chi connectivity index (χ1) is 7.97. The van der Waals surface area contributed by atoms with Gasteiger partial charge in [-0.25, -0.2) is 0 Å². The van der Waals surface area contributed by atoms with E-state index in [4.69, 9.17) is 0 Å². The molecule has 0 heterocycles. The third-order valence-corrected chi connectivity index (χ3v) is 2.97. The van der Waals surface area contributed by atoms with Crippen LogP contribution < -0.4 is 5.32 Å². The lowest BCUT2D eigenvalue weighted by Crippen LogP contribution is -2.48. The summed E-state index contributed by atoms with van der Waals surface area (Å²) in [5, 5.41) is 2.60. The highest BCUT2D eigenvalue weighted by molar-refractivity contribution is 5.94. The highest BCUT2D eigenvalue weighted by atomic mass is 19.4. The third kappa shape index (κ3) is 2.78. The minimum Gasteiger partial charge on any atom is -0.349 e. The van der Waals surface area contributed by atoms with E-state index in [2.05, 4.69) is 5.32 Å². The topological polar surface area (TPSA) is 29.1 Å². The van der Waals surface area contributed by atoms with E-state index in [0.29, 0.717) is 5.56 Å². The highest BCUT2D eigenvalue weighted by Gasteiger charge is 2.48. The van der Waals surface area contributed by atoms with Gasteiger partial charge in [0.2, 0.25) is 0 Å². The molecule has 0 atom stereocenters. The van der Waals surface area contributed by atoms with Crippen molar-refractivity contribution in [3.8, 4) is 0 Å². The van der Waals surface area contributed by atoms with Crippen molar-refractivity contribution in [3.63, 3.8) is 0 Å². The van der Waals surface area contributed by atoms with Gasteiger partial charge in [-0.1, -0.05) is 18.2 Å². The molecule has 1 aromatic rings. The van der Waals surface area contributed by atoms with Gasteiger partial charge in [-0.2, -0.15) is 13.2 Å². The van der Waals surface area contributed by atoms with Crippen molar-refractivity contribution < 1.29 is 18.0 Å². The zero-order valence-corrected chi connectivity index (χ0v) is 9.00. The molecule has 0 bridgehead atoms. The average Bonchev–Trinajstić information content (AvgIpc) is 2.22. The van der Waals surface area contributed by atoms with Crippen molar-refractivity contribution in [2.75, 3.05) is 0 Å². The molecular formula is C12H12F3NO. The number of nitrogens with one attached hydrogen (secondary N) is 1. The predicted octanol–water partition coefficient (Wildman–Crippen LogP) is 2.76. The van der Waals surface area contributed by atoms with Gasteiger partial charge in [-0.05, 0) is 25.0 Å². The molecule has 1 aliphatic carbocycles. The van der Waals surface area contributed by atoms with Gasteiger partial charge in [0.15, 0.2) is 0 Å². The number of benzene rings is 1. The summed E-state index contributed by atoms with van der Waals surface area (Å²) in [5.74, 6) is -1.57. The number of amides is 1. The van der Waals surface area contributed by atoms with Crippen LogP contribution >= 0.6 is 0 Å². The van der Waals surface area contributed by atoms with Gasteiger partial charge in [-0.15, -0.1) is 0 Å². The SMILES string of the molecule is O=C(NC1CC(C(F)(F)F)C1)c1ccccc1. The van der Waals surface area contributed by atoms with E-state index < -0.39 is 12.1 Å². The van der Waals surface area contributed by atoms with Crippen molar-refractivity contribution in [3.05, 3.63) is 35.9 Å². The number of carbonyl (C=O) groups excluding carboxylic acids is 1. The summed E-state index contributed by atoms with van der Waals surface area (Å²) < 4.78 is 36.7. The van der Waals surface area contributed by atoms with Gasteiger partial charge < -0.3 is 5.32 Å². The van der Waals surface area contributed by atoms with E-state index in [1.807, 2.05) is 0 Å². The van der Waals surface area contributed by atoms with Crippen LogP contribution in [0.3, 0.4) is 0 Å². The monoisotopic (exact) mass is 243 g/mol. The number of hydrogen-bond donors (Lipinski definition) is 1. The first-order valence-electron chi connectivity index (χ1n) is 5.39. The van der Waals surface area contributed by atoms with Crippen LogP contribution in [0.1, 0.15) is 23.2 Å². The van der Waals surface area contributed by atoms with E-state index in [1.54, 1.807) is 30.3 Å². The van der Waals surface area contributed by atoms with Crippen LogP contribution in [0, 0.1) is 5.92 Å². The molecule has 0 radical (unpaired) electrons. The fourth-order valence-electron chi connectivity index (χ4n) is 1.86. The molecule has 0 saturated heterocycles. The van der Waals surface area contributed by atoms with Gasteiger partial charge in [0, 0.05) is 11.6 Å². The molecule has 0 spiro atoms. The average molecular weight is 243 g/mol. The summed E-state index contributed by atoms with van der Waals surface area (Å²) in [6.45, 7) is 0. The summed E-state index contributed by atoms with van der Waals surface area (Å²) in [6.07, 6.45) is -4.15. The Morgan fingerprint density at radius 1 is 1.18 bits per heavy atom. The lowest BCUT2D eigenvalue weighted by atomic mass is 9.79. The fraction of sp³-hybridized carbons (Fsp3) is 0.417. The largest absolute Gasteiger partial charge is 0.391 e. The van der Waals surface area contributed by atoms with Crippen LogP contribution in [-0.4, -0.2) is 18.1 Å². The molecule has 0 unspecified atom stereocenters. The number of halogens is 3. The Morgan fingerprint density at radius 2 is 1.76 bits per heavy atom. The predicted molar refractivity (Wildman–Crippen MR) is 56.5 cm³/mol. The molecule has 5 heteroatoms. The lowest BCUT2D eigenvalue weighted by Gasteiger charge is -2.36. The highest BCUT2D eigenvalue weighted by Crippen LogP contribution is 2.40. The summed E-state index contributed by atoms with van der Waals surface area (Å²) in [7, 11) is 0. The second-order valence-corrected chi connectivity index (χ2v) is 4.25. The number of carbonyl (C=O) groups is 1. The fourth-order valence-corrected chi connectivity index (χ4v) is 1.86. The Morgan fingerprint density at radius 3 is 2.29 bits per heavy atom. The van der Waals surface area contributed by atoms with Crippen molar-refractivity contribution in [1.82, 2.24) is 5.32 Å².